The Morgan fingerprint density at radius 2 is 1.68 bits per heavy atom. The lowest BCUT2D eigenvalue weighted by Gasteiger charge is -2.40. The molecule has 1 aromatic carbocycles. The predicted octanol–water partition coefficient (Wildman–Crippen LogP) is 3.90. The first kappa shape index (κ1) is 19.7. The highest BCUT2D eigenvalue weighted by Crippen LogP contribution is 2.52. The quantitative estimate of drug-likeness (QED) is 0.775. The van der Waals surface area contributed by atoms with Crippen molar-refractivity contribution < 1.29 is 19.8 Å². The van der Waals surface area contributed by atoms with Crippen molar-refractivity contribution >= 4 is 23.5 Å². The maximum Gasteiger partial charge on any atom is 0.414 e. The molecule has 0 amide bonds. The van der Waals surface area contributed by atoms with Crippen LogP contribution in [0.5, 0.6) is 0 Å². The number of carboxylic acid groups (broad SMARTS) is 2. The molecule has 2 atom stereocenters. The number of benzene rings is 1. The number of nitrogens with zero attached hydrogens (tertiary/aromatic N) is 1. The minimum absolute atomic E-state index is 0.506. The molecule has 1 aromatic rings. The van der Waals surface area contributed by atoms with Crippen LogP contribution < -0.4 is 0 Å². The number of aliphatic carboxylic acids is 2. The third-order valence-corrected chi connectivity index (χ3v) is 5.26. The van der Waals surface area contributed by atoms with Gasteiger partial charge >= 0.3 is 11.9 Å². The van der Waals surface area contributed by atoms with E-state index in [4.69, 9.17) is 31.4 Å². The van der Waals surface area contributed by atoms with Gasteiger partial charge in [-0.25, -0.2) is 9.59 Å². The molecule has 1 saturated heterocycles. The summed E-state index contributed by atoms with van der Waals surface area (Å²) in [5.41, 5.74) is 2.42. The van der Waals surface area contributed by atoms with E-state index in [0.717, 1.165) is 17.6 Å². The van der Waals surface area contributed by atoms with Crippen LogP contribution in [0.4, 0.5) is 0 Å². The third kappa shape index (κ3) is 5.44. The van der Waals surface area contributed by atoms with E-state index in [9.17, 15) is 0 Å². The van der Waals surface area contributed by atoms with E-state index in [1.54, 1.807) is 0 Å². The normalized spacial score (nSPS) is 27.3. The van der Waals surface area contributed by atoms with Crippen molar-refractivity contribution in [1.29, 1.82) is 0 Å². The van der Waals surface area contributed by atoms with E-state index in [0.29, 0.717) is 10.8 Å². The summed E-state index contributed by atoms with van der Waals surface area (Å²) in [4.78, 5) is 20.9. The van der Waals surface area contributed by atoms with Crippen LogP contribution in [0.15, 0.2) is 24.3 Å². The molecule has 6 heteroatoms. The Balaban J connectivity index is 0.000000326. The minimum Gasteiger partial charge on any atom is -0.473 e. The highest BCUT2D eigenvalue weighted by Gasteiger charge is 2.49. The molecular formula is C19H26ClNO4. The van der Waals surface area contributed by atoms with Crippen LogP contribution in [0.1, 0.15) is 45.6 Å². The Labute approximate surface area is 153 Å². The summed E-state index contributed by atoms with van der Waals surface area (Å²) >= 11 is 5.96. The zero-order valence-electron chi connectivity index (χ0n) is 15.0. The topological polar surface area (TPSA) is 77.8 Å². The van der Waals surface area contributed by atoms with Gasteiger partial charge < -0.3 is 10.2 Å². The molecule has 1 heterocycles. The van der Waals surface area contributed by atoms with Gasteiger partial charge in [-0.1, -0.05) is 44.5 Å². The number of fused-ring (bicyclic) bond motifs is 2. The lowest BCUT2D eigenvalue weighted by Crippen LogP contribution is -2.34. The number of carboxylic acids is 2. The van der Waals surface area contributed by atoms with Gasteiger partial charge in [0.15, 0.2) is 0 Å². The van der Waals surface area contributed by atoms with Crippen molar-refractivity contribution in [2.24, 2.45) is 10.8 Å². The van der Waals surface area contributed by atoms with Gasteiger partial charge in [0.1, 0.15) is 0 Å². The van der Waals surface area contributed by atoms with Gasteiger partial charge in [-0.2, -0.15) is 0 Å². The first-order valence-corrected chi connectivity index (χ1v) is 8.82. The van der Waals surface area contributed by atoms with E-state index in [2.05, 4.69) is 37.8 Å². The van der Waals surface area contributed by atoms with Gasteiger partial charge in [-0.05, 0) is 47.8 Å². The molecular weight excluding hydrogens is 342 g/mol. The monoisotopic (exact) mass is 367 g/mol. The average molecular weight is 368 g/mol. The summed E-state index contributed by atoms with van der Waals surface area (Å²) in [6.45, 7) is 9.67. The fraction of sp³-hybridized carbons (Fsp3) is 0.579. The summed E-state index contributed by atoms with van der Waals surface area (Å²) in [6, 6.07) is 9.11. The molecule has 0 spiro atoms. The van der Waals surface area contributed by atoms with Crippen molar-refractivity contribution in [3.05, 3.63) is 34.9 Å². The molecule has 25 heavy (non-hydrogen) atoms. The number of hydrogen-bond donors (Lipinski definition) is 2. The predicted molar refractivity (Wildman–Crippen MR) is 96.7 cm³/mol. The van der Waals surface area contributed by atoms with Gasteiger partial charge in [0.05, 0.1) is 0 Å². The Morgan fingerprint density at radius 1 is 1.12 bits per heavy atom. The maximum absolute atomic E-state index is 9.10. The summed E-state index contributed by atoms with van der Waals surface area (Å²) in [5.74, 6) is -3.65. The zero-order chi connectivity index (χ0) is 18.8. The van der Waals surface area contributed by atoms with E-state index < -0.39 is 11.9 Å². The lowest BCUT2D eigenvalue weighted by atomic mass is 9.65. The summed E-state index contributed by atoms with van der Waals surface area (Å²) in [5, 5.41) is 15.6. The molecule has 2 bridgehead atoms. The maximum atomic E-state index is 9.10. The minimum atomic E-state index is -1.82. The lowest BCUT2D eigenvalue weighted by molar-refractivity contribution is -0.159. The van der Waals surface area contributed by atoms with Gasteiger partial charge in [0.25, 0.3) is 0 Å². The summed E-state index contributed by atoms with van der Waals surface area (Å²) < 4.78 is 0. The van der Waals surface area contributed by atoms with Crippen LogP contribution in [-0.4, -0.2) is 39.6 Å². The highest BCUT2D eigenvalue weighted by molar-refractivity contribution is 6.30. The van der Waals surface area contributed by atoms with Crippen molar-refractivity contribution in [2.75, 3.05) is 6.54 Å². The molecule has 138 valence electrons. The number of hydrogen-bond acceptors (Lipinski definition) is 3. The van der Waals surface area contributed by atoms with E-state index >= 15 is 0 Å². The summed E-state index contributed by atoms with van der Waals surface area (Å²) in [7, 11) is 0. The molecule has 2 aliphatic rings. The number of likely N-dealkylation sites (tertiary alicyclic amines) is 1. The van der Waals surface area contributed by atoms with Crippen LogP contribution in [0.3, 0.4) is 0 Å². The second-order valence-electron chi connectivity index (χ2n) is 8.36. The standard InChI is InChI=1S/C17H24ClN.C2H2O4/c1-16(2)8-15-9-17(3,11-16)12-19(15)10-13-4-6-14(18)7-5-13;3-1(4)2(5)6/h4-7,15H,8-12H2,1-3H3;(H,3,4)(H,5,6). The first-order valence-electron chi connectivity index (χ1n) is 8.44. The average Bonchev–Trinajstić information content (AvgIpc) is 2.70. The number of halogens is 1. The Morgan fingerprint density at radius 3 is 2.20 bits per heavy atom. The van der Waals surface area contributed by atoms with Gasteiger partial charge in [0, 0.05) is 24.2 Å². The highest BCUT2D eigenvalue weighted by atomic mass is 35.5. The second-order valence-corrected chi connectivity index (χ2v) is 8.79. The van der Waals surface area contributed by atoms with Crippen LogP contribution >= 0.6 is 11.6 Å². The van der Waals surface area contributed by atoms with Crippen molar-refractivity contribution in [3.63, 3.8) is 0 Å². The molecule has 1 saturated carbocycles. The molecule has 3 rings (SSSR count). The van der Waals surface area contributed by atoms with E-state index in [-0.39, 0.29) is 0 Å². The first-order chi connectivity index (χ1) is 11.5. The van der Waals surface area contributed by atoms with Crippen LogP contribution in [0.2, 0.25) is 5.02 Å². The molecule has 1 aliphatic carbocycles. The molecule has 5 nitrogen and oxygen atoms in total. The molecule has 0 aromatic heterocycles. The third-order valence-electron chi connectivity index (χ3n) is 5.01. The largest absolute Gasteiger partial charge is 0.473 e. The molecule has 2 fully saturated rings. The summed E-state index contributed by atoms with van der Waals surface area (Å²) in [6.07, 6.45) is 4.09. The number of rotatable bonds is 2. The molecule has 2 unspecified atom stereocenters. The van der Waals surface area contributed by atoms with Crippen molar-refractivity contribution in [1.82, 2.24) is 4.90 Å². The fourth-order valence-electron chi connectivity index (χ4n) is 4.59. The Bertz CT molecular complexity index is 631. The van der Waals surface area contributed by atoms with Gasteiger partial charge in [-0.3, -0.25) is 4.90 Å². The zero-order valence-corrected chi connectivity index (χ0v) is 15.7. The van der Waals surface area contributed by atoms with Gasteiger partial charge in [-0.15, -0.1) is 0 Å². The molecule has 0 radical (unpaired) electrons. The molecule has 2 N–H and O–H groups in total. The van der Waals surface area contributed by atoms with Crippen molar-refractivity contribution in [2.45, 2.75) is 52.6 Å². The smallest absolute Gasteiger partial charge is 0.414 e. The van der Waals surface area contributed by atoms with Crippen LogP contribution in [0, 0.1) is 10.8 Å². The van der Waals surface area contributed by atoms with Gasteiger partial charge in [0.2, 0.25) is 0 Å². The van der Waals surface area contributed by atoms with Crippen LogP contribution in [-0.2, 0) is 16.1 Å². The Kier molecular flexibility index (Phi) is 5.79. The van der Waals surface area contributed by atoms with Crippen molar-refractivity contribution in [3.8, 4) is 0 Å². The van der Waals surface area contributed by atoms with E-state index in [1.807, 2.05) is 12.1 Å². The van der Waals surface area contributed by atoms with Crippen LogP contribution in [0.25, 0.3) is 0 Å². The SMILES string of the molecule is CC1(C)CC2CC(C)(CN2Cc2ccc(Cl)cc2)C1.O=C(O)C(=O)O. The van der Waals surface area contributed by atoms with E-state index in [1.165, 1.54) is 31.4 Å². The fourth-order valence-corrected chi connectivity index (χ4v) is 4.71. The Hall–Kier alpha value is -1.59. The number of carbonyl (C=O) groups is 2. The molecule has 1 aliphatic heterocycles. The second kappa shape index (κ2) is 7.34.